The van der Waals surface area contributed by atoms with Crippen molar-refractivity contribution in [2.45, 2.75) is 44.0 Å². The third kappa shape index (κ3) is 2.86. The SMILES string of the molecule is CCCCSC1([C@@H](C)O)CCOC1. The van der Waals surface area contributed by atoms with E-state index in [2.05, 4.69) is 6.92 Å². The smallest absolute Gasteiger partial charge is 0.0682 e. The number of unbranched alkanes of at least 4 members (excludes halogenated alkanes) is 1. The van der Waals surface area contributed by atoms with E-state index in [-0.39, 0.29) is 10.9 Å². The first kappa shape index (κ1) is 11.3. The minimum atomic E-state index is -0.253. The molecule has 0 aromatic rings. The lowest BCUT2D eigenvalue weighted by Crippen LogP contribution is -2.38. The molecular weight excluding hydrogens is 184 g/mol. The Bertz CT molecular complexity index is 142. The zero-order chi connectivity index (χ0) is 9.73. The normalized spacial score (nSPS) is 30.7. The van der Waals surface area contributed by atoms with Gasteiger partial charge in [-0.15, -0.1) is 11.8 Å². The van der Waals surface area contributed by atoms with Crippen LogP contribution in [0.3, 0.4) is 0 Å². The summed E-state index contributed by atoms with van der Waals surface area (Å²) < 4.78 is 5.37. The van der Waals surface area contributed by atoms with E-state index >= 15 is 0 Å². The van der Waals surface area contributed by atoms with Gasteiger partial charge in [0, 0.05) is 6.61 Å². The first-order valence-corrected chi connectivity index (χ1v) is 6.09. The van der Waals surface area contributed by atoms with Crippen molar-refractivity contribution >= 4 is 11.8 Å². The monoisotopic (exact) mass is 204 g/mol. The molecule has 78 valence electrons. The highest BCUT2D eigenvalue weighted by Crippen LogP contribution is 2.37. The summed E-state index contributed by atoms with van der Waals surface area (Å²) in [5, 5.41) is 9.70. The number of aliphatic hydroxyl groups is 1. The summed E-state index contributed by atoms with van der Waals surface area (Å²) >= 11 is 1.89. The molecular formula is C10H20O2S. The molecule has 1 rings (SSSR count). The maximum Gasteiger partial charge on any atom is 0.0682 e. The van der Waals surface area contributed by atoms with E-state index in [1.165, 1.54) is 12.8 Å². The zero-order valence-electron chi connectivity index (χ0n) is 8.58. The topological polar surface area (TPSA) is 29.5 Å². The molecule has 0 aromatic heterocycles. The summed E-state index contributed by atoms with van der Waals surface area (Å²) in [5.74, 6) is 1.14. The Balaban J connectivity index is 2.38. The Hall–Kier alpha value is 0.270. The van der Waals surface area contributed by atoms with Crippen molar-refractivity contribution in [2.75, 3.05) is 19.0 Å². The van der Waals surface area contributed by atoms with Gasteiger partial charge in [-0.1, -0.05) is 13.3 Å². The van der Waals surface area contributed by atoms with Crippen molar-refractivity contribution in [1.29, 1.82) is 0 Å². The van der Waals surface area contributed by atoms with Crippen molar-refractivity contribution < 1.29 is 9.84 Å². The first-order valence-electron chi connectivity index (χ1n) is 5.11. The fourth-order valence-corrected chi connectivity index (χ4v) is 3.02. The Morgan fingerprint density at radius 1 is 1.62 bits per heavy atom. The molecule has 1 saturated heterocycles. The van der Waals surface area contributed by atoms with Crippen LogP contribution >= 0.6 is 11.8 Å². The summed E-state index contributed by atoms with van der Waals surface area (Å²) in [5.41, 5.74) is 0. The van der Waals surface area contributed by atoms with E-state index in [0.29, 0.717) is 0 Å². The second-order valence-electron chi connectivity index (χ2n) is 3.75. The molecule has 1 unspecified atom stereocenters. The largest absolute Gasteiger partial charge is 0.392 e. The molecule has 0 radical (unpaired) electrons. The number of hydrogen-bond acceptors (Lipinski definition) is 3. The Morgan fingerprint density at radius 2 is 2.38 bits per heavy atom. The lowest BCUT2D eigenvalue weighted by Gasteiger charge is -2.29. The van der Waals surface area contributed by atoms with Crippen LogP contribution in [0, 0.1) is 0 Å². The predicted octanol–water partition coefficient (Wildman–Crippen LogP) is 2.06. The number of thioether (sulfide) groups is 1. The van der Waals surface area contributed by atoms with Gasteiger partial charge in [0.05, 0.1) is 17.5 Å². The molecule has 0 spiro atoms. The van der Waals surface area contributed by atoms with Crippen molar-refractivity contribution in [1.82, 2.24) is 0 Å². The Kier molecular flexibility index (Phi) is 4.56. The third-order valence-corrected chi connectivity index (χ3v) is 4.40. The summed E-state index contributed by atoms with van der Waals surface area (Å²) in [6, 6.07) is 0. The fraction of sp³-hybridized carbons (Fsp3) is 1.00. The predicted molar refractivity (Wildman–Crippen MR) is 57.2 cm³/mol. The van der Waals surface area contributed by atoms with E-state index < -0.39 is 0 Å². The first-order chi connectivity index (χ1) is 6.21. The molecule has 3 heteroatoms. The maximum absolute atomic E-state index is 9.70. The van der Waals surface area contributed by atoms with Crippen LogP contribution in [0.1, 0.15) is 33.1 Å². The fourth-order valence-electron chi connectivity index (χ4n) is 1.55. The van der Waals surface area contributed by atoms with Crippen molar-refractivity contribution in [3.8, 4) is 0 Å². The van der Waals surface area contributed by atoms with Crippen LogP contribution in [0.2, 0.25) is 0 Å². The van der Waals surface area contributed by atoms with Gasteiger partial charge in [0.15, 0.2) is 0 Å². The number of ether oxygens (including phenoxy) is 1. The molecule has 1 aliphatic heterocycles. The van der Waals surface area contributed by atoms with E-state index in [1.807, 2.05) is 18.7 Å². The lowest BCUT2D eigenvalue weighted by molar-refractivity contribution is 0.123. The summed E-state index contributed by atoms with van der Waals surface area (Å²) in [4.78, 5) is 0. The number of rotatable bonds is 5. The zero-order valence-corrected chi connectivity index (χ0v) is 9.40. The number of hydrogen-bond donors (Lipinski definition) is 1. The average Bonchev–Trinajstić information content (AvgIpc) is 2.55. The summed E-state index contributed by atoms with van der Waals surface area (Å²) in [6.45, 7) is 5.61. The molecule has 1 heterocycles. The molecule has 0 amide bonds. The molecule has 0 bridgehead atoms. The van der Waals surface area contributed by atoms with Crippen molar-refractivity contribution in [3.05, 3.63) is 0 Å². The van der Waals surface area contributed by atoms with E-state index in [9.17, 15) is 5.11 Å². The number of aliphatic hydroxyl groups excluding tert-OH is 1. The van der Waals surface area contributed by atoms with Gasteiger partial charge in [0.2, 0.25) is 0 Å². The Labute approximate surface area is 85.0 Å². The Morgan fingerprint density at radius 3 is 2.85 bits per heavy atom. The molecule has 1 fully saturated rings. The highest BCUT2D eigenvalue weighted by molar-refractivity contribution is 8.00. The lowest BCUT2D eigenvalue weighted by atomic mass is 10.0. The van der Waals surface area contributed by atoms with Gasteiger partial charge in [-0.2, -0.15) is 0 Å². The van der Waals surface area contributed by atoms with Gasteiger partial charge in [-0.25, -0.2) is 0 Å². The average molecular weight is 204 g/mol. The van der Waals surface area contributed by atoms with Crippen LogP contribution in [-0.2, 0) is 4.74 Å². The second-order valence-corrected chi connectivity index (χ2v) is 5.26. The van der Waals surface area contributed by atoms with Gasteiger partial charge >= 0.3 is 0 Å². The minimum absolute atomic E-state index is 0.00479. The molecule has 13 heavy (non-hydrogen) atoms. The quantitative estimate of drug-likeness (QED) is 0.695. The van der Waals surface area contributed by atoms with Crippen LogP contribution in [0.4, 0.5) is 0 Å². The third-order valence-electron chi connectivity index (χ3n) is 2.66. The molecule has 0 aliphatic carbocycles. The molecule has 0 saturated carbocycles. The van der Waals surface area contributed by atoms with Crippen LogP contribution in [0.25, 0.3) is 0 Å². The summed E-state index contributed by atoms with van der Waals surface area (Å²) in [7, 11) is 0. The van der Waals surface area contributed by atoms with E-state index in [1.54, 1.807) is 0 Å². The molecule has 0 aromatic carbocycles. The second kappa shape index (κ2) is 5.23. The standard InChI is InChI=1S/C10H20O2S/c1-3-4-7-13-10(9(2)11)5-6-12-8-10/h9,11H,3-8H2,1-2H3/t9-,10?/m1/s1. The molecule has 1 N–H and O–H groups in total. The van der Waals surface area contributed by atoms with Crippen molar-refractivity contribution in [3.63, 3.8) is 0 Å². The highest BCUT2D eigenvalue weighted by atomic mass is 32.2. The van der Waals surface area contributed by atoms with Crippen LogP contribution in [-0.4, -0.2) is 34.9 Å². The van der Waals surface area contributed by atoms with Gasteiger partial charge in [-0.3, -0.25) is 0 Å². The van der Waals surface area contributed by atoms with Crippen LogP contribution < -0.4 is 0 Å². The molecule has 2 atom stereocenters. The van der Waals surface area contributed by atoms with E-state index in [0.717, 1.165) is 25.4 Å². The van der Waals surface area contributed by atoms with Gasteiger partial charge < -0.3 is 9.84 Å². The highest BCUT2D eigenvalue weighted by Gasteiger charge is 2.39. The summed E-state index contributed by atoms with van der Waals surface area (Å²) in [6.07, 6.45) is 3.21. The molecule has 2 nitrogen and oxygen atoms in total. The minimum Gasteiger partial charge on any atom is -0.392 e. The van der Waals surface area contributed by atoms with E-state index in [4.69, 9.17) is 4.74 Å². The van der Waals surface area contributed by atoms with Gasteiger partial charge in [0.25, 0.3) is 0 Å². The van der Waals surface area contributed by atoms with Crippen LogP contribution in [0.15, 0.2) is 0 Å². The van der Waals surface area contributed by atoms with Gasteiger partial charge in [0.1, 0.15) is 0 Å². The van der Waals surface area contributed by atoms with Crippen LogP contribution in [0.5, 0.6) is 0 Å². The van der Waals surface area contributed by atoms with Crippen molar-refractivity contribution in [2.24, 2.45) is 0 Å². The van der Waals surface area contributed by atoms with Gasteiger partial charge in [-0.05, 0) is 25.5 Å². The maximum atomic E-state index is 9.70. The molecule has 1 aliphatic rings.